The molecule has 30 heavy (non-hydrogen) atoms. The van der Waals surface area contributed by atoms with E-state index in [1.165, 1.54) is 6.92 Å². The smallest absolute Gasteiger partial charge is 0.405 e. The van der Waals surface area contributed by atoms with E-state index in [9.17, 15) is 22.8 Å². The third-order valence-corrected chi connectivity index (χ3v) is 4.03. The number of aromatic nitrogens is 2. The Morgan fingerprint density at radius 1 is 1.33 bits per heavy atom. The van der Waals surface area contributed by atoms with E-state index in [0.717, 1.165) is 5.56 Å². The molecular weight excluding hydrogens is 405 g/mol. The fourth-order valence-electron chi connectivity index (χ4n) is 2.62. The molecule has 0 radical (unpaired) electrons. The highest BCUT2D eigenvalue weighted by Gasteiger charge is 2.30. The minimum Gasteiger partial charge on any atom is -0.456 e. The van der Waals surface area contributed by atoms with Gasteiger partial charge in [-0.1, -0.05) is 12.1 Å². The van der Waals surface area contributed by atoms with Gasteiger partial charge in [-0.15, -0.1) is 0 Å². The van der Waals surface area contributed by atoms with E-state index in [1.54, 1.807) is 11.4 Å². The van der Waals surface area contributed by atoms with Crippen LogP contribution in [-0.4, -0.2) is 47.3 Å². The van der Waals surface area contributed by atoms with Crippen LogP contribution in [0.3, 0.4) is 0 Å². The van der Waals surface area contributed by atoms with Gasteiger partial charge in [-0.05, 0) is 31.5 Å². The van der Waals surface area contributed by atoms with Gasteiger partial charge in [0.25, 0.3) is 5.91 Å². The van der Waals surface area contributed by atoms with Gasteiger partial charge in [-0.3, -0.25) is 9.59 Å². The number of fused-ring (bicyclic) bond motifs is 1. The van der Waals surface area contributed by atoms with Gasteiger partial charge >= 0.3 is 6.18 Å². The third-order valence-electron chi connectivity index (χ3n) is 4.03. The lowest BCUT2D eigenvalue weighted by molar-refractivity contribution is -0.138. The molecule has 0 fully saturated rings. The molecule has 3 rings (SSSR count). The molecule has 12 heteroatoms. The van der Waals surface area contributed by atoms with Crippen molar-refractivity contribution < 1.29 is 27.5 Å². The van der Waals surface area contributed by atoms with E-state index < -0.39 is 30.6 Å². The van der Waals surface area contributed by atoms with Crippen molar-refractivity contribution in [2.24, 2.45) is 0 Å². The Morgan fingerprint density at radius 3 is 2.80 bits per heavy atom. The standard InChI is InChI=1S/C18H19F3N6O3/c1-9-4-3-5-11(6-9)25-13-12-15(29)23-8-30-16(12)27-17(26-13)24-10(2)14(28)22-7-18(19,20)21/h3-6,10H,7-8H2,1-2H3,(H,22,28)(H,23,29)(H2,24,25,26,27)/t10-/m0/s1. The van der Waals surface area contributed by atoms with E-state index in [2.05, 4.69) is 25.9 Å². The van der Waals surface area contributed by atoms with Crippen LogP contribution in [0.4, 0.5) is 30.6 Å². The Bertz CT molecular complexity index is 967. The van der Waals surface area contributed by atoms with Gasteiger partial charge in [0.05, 0.1) is 0 Å². The minimum absolute atomic E-state index is 0.0192. The lowest BCUT2D eigenvalue weighted by Gasteiger charge is -2.21. The predicted molar refractivity (Wildman–Crippen MR) is 102 cm³/mol. The Balaban J connectivity index is 1.85. The highest BCUT2D eigenvalue weighted by molar-refractivity contribution is 6.02. The zero-order valence-electron chi connectivity index (χ0n) is 16.1. The van der Waals surface area contributed by atoms with Crippen LogP contribution in [0.1, 0.15) is 22.8 Å². The summed E-state index contributed by atoms with van der Waals surface area (Å²) in [7, 11) is 0. The molecule has 1 aliphatic heterocycles. The number of aryl methyl sites for hydroxylation is 1. The topological polar surface area (TPSA) is 117 Å². The average molecular weight is 424 g/mol. The number of anilines is 3. The number of ether oxygens (including phenoxy) is 1. The molecule has 4 N–H and O–H groups in total. The number of hydrogen-bond acceptors (Lipinski definition) is 7. The zero-order valence-corrected chi connectivity index (χ0v) is 16.1. The molecule has 2 amide bonds. The van der Waals surface area contributed by atoms with Crippen LogP contribution < -0.4 is 26.0 Å². The Hall–Kier alpha value is -3.57. The van der Waals surface area contributed by atoms with Crippen LogP contribution in [0.2, 0.25) is 0 Å². The lowest BCUT2D eigenvalue weighted by atomic mass is 10.2. The van der Waals surface area contributed by atoms with Gasteiger partial charge in [-0.2, -0.15) is 23.1 Å². The number of carbonyl (C=O) groups excluding carboxylic acids is 2. The molecule has 2 heterocycles. The summed E-state index contributed by atoms with van der Waals surface area (Å²) in [6, 6.07) is 6.23. The number of halogens is 3. The van der Waals surface area contributed by atoms with Gasteiger partial charge in [0, 0.05) is 5.69 Å². The maximum absolute atomic E-state index is 12.3. The second kappa shape index (κ2) is 8.43. The second-order valence-corrected chi connectivity index (χ2v) is 6.56. The molecular formula is C18H19F3N6O3. The van der Waals surface area contributed by atoms with Crippen LogP contribution in [0.25, 0.3) is 0 Å². The Morgan fingerprint density at radius 2 is 2.10 bits per heavy atom. The third kappa shape index (κ3) is 5.27. The summed E-state index contributed by atoms with van der Waals surface area (Å²) >= 11 is 0. The molecule has 0 saturated carbocycles. The largest absolute Gasteiger partial charge is 0.456 e. The monoisotopic (exact) mass is 424 g/mol. The van der Waals surface area contributed by atoms with E-state index >= 15 is 0 Å². The Kier molecular flexibility index (Phi) is 5.94. The van der Waals surface area contributed by atoms with E-state index in [0.29, 0.717) is 5.69 Å². The molecule has 0 bridgehead atoms. The fourth-order valence-corrected chi connectivity index (χ4v) is 2.62. The number of nitrogens with one attached hydrogen (secondary N) is 4. The van der Waals surface area contributed by atoms with Crippen molar-refractivity contribution in [1.82, 2.24) is 20.6 Å². The number of carbonyl (C=O) groups is 2. The number of nitrogens with zero attached hydrogens (tertiary/aromatic N) is 2. The molecule has 1 aliphatic rings. The van der Waals surface area contributed by atoms with Crippen molar-refractivity contribution in [1.29, 1.82) is 0 Å². The fraction of sp³-hybridized carbons (Fsp3) is 0.333. The van der Waals surface area contributed by atoms with Crippen molar-refractivity contribution in [3.8, 4) is 5.88 Å². The maximum Gasteiger partial charge on any atom is 0.405 e. The van der Waals surface area contributed by atoms with E-state index in [1.807, 2.05) is 25.1 Å². The molecule has 1 atom stereocenters. The summed E-state index contributed by atoms with van der Waals surface area (Å²) in [5.74, 6) is -1.33. The number of rotatable bonds is 6. The number of amides is 2. The normalized spacial score (nSPS) is 14.1. The average Bonchev–Trinajstić information content (AvgIpc) is 2.65. The molecule has 9 nitrogen and oxygen atoms in total. The summed E-state index contributed by atoms with van der Waals surface area (Å²) in [6.07, 6.45) is -4.52. The Labute approximate surface area is 169 Å². The van der Waals surface area contributed by atoms with Gasteiger partial charge in [-0.25, -0.2) is 0 Å². The summed E-state index contributed by atoms with van der Waals surface area (Å²) in [5, 5.41) is 9.93. The summed E-state index contributed by atoms with van der Waals surface area (Å²) in [5.41, 5.74) is 1.69. The second-order valence-electron chi connectivity index (χ2n) is 6.56. The first-order valence-corrected chi connectivity index (χ1v) is 8.90. The van der Waals surface area contributed by atoms with Gasteiger partial charge in [0.15, 0.2) is 12.5 Å². The predicted octanol–water partition coefficient (Wildman–Crippen LogP) is 2.09. The number of alkyl halides is 3. The van der Waals surface area contributed by atoms with E-state index in [-0.39, 0.29) is 29.9 Å². The van der Waals surface area contributed by atoms with Crippen LogP contribution >= 0.6 is 0 Å². The van der Waals surface area contributed by atoms with Crippen molar-refractivity contribution in [2.75, 3.05) is 23.9 Å². The number of hydrogen-bond donors (Lipinski definition) is 4. The van der Waals surface area contributed by atoms with Gasteiger partial charge < -0.3 is 26.0 Å². The summed E-state index contributed by atoms with van der Waals surface area (Å²) < 4.78 is 42.3. The summed E-state index contributed by atoms with van der Waals surface area (Å²) in [4.78, 5) is 32.5. The highest BCUT2D eigenvalue weighted by atomic mass is 19.4. The minimum atomic E-state index is -4.52. The molecule has 0 unspecified atom stereocenters. The zero-order chi connectivity index (χ0) is 21.9. The maximum atomic E-state index is 12.3. The quantitative estimate of drug-likeness (QED) is 0.561. The van der Waals surface area contributed by atoms with Crippen LogP contribution in [0.5, 0.6) is 5.88 Å². The van der Waals surface area contributed by atoms with Crippen LogP contribution in [0, 0.1) is 6.92 Å². The highest BCUT2D eigenvalue weighted by Crippen LogP contribution is 2.29. The molecule has 160 valence electrons. The summed E-state index contributed by atoms with van der Waals surface area (Å²) in [6.45, 7) is 1.69. The van der Waals surface area contributed by atoms with Crippen LogP contribution in [0.15, 0.2) is 24.3 Å². The van der Waals surface area contributed by atoms with Crippen molar-refractivity contribution in [3.05, 3.63) is 35.4 Å². The molecule has 2 aromatic rings. The molecule has 0 spiro atoms. The first kappa shape index (κ1) is 21.1. The first-order chi connectivity index (χ1) is 14.1. The number of benzene rings is 1. The SMILES string of the molecule is Cc1cccc(Nc2nc(N[C@@H](C)C(=O)NCC(F)(F)F)nc3c2C(=O)NCO3)c1. The van der Waals surface area contributed by atoms with Crippen molar-refractivity contribution >= 4 is 29.3 Å². The molecule has 0 aliphatic carbocycles. The van der Waals surface area contributed by atoms with Crippen molar-refractivity contribution in [2.45, 2.75) is 26.1 Å². The first-order valence-electron chi connectivity index (χ1n) is 8.90. The molecule has 1 aromatic heterocycles. The van der Waals surface area contributed by atoms with E-state index in [4.69, 9.17) is 4.74 Å². The van der Waals surface area contributed by atoms with Crippen molar-refractivity contribution in [3.63, 3.8) is 0 Å². The molecule has 1 aromatic carbocycles. The van der Waals surface area contributed by atoms with Gasteiger partial charge in [0.2, 0.25) is 17.7 Å². The molecule has 0 saturated heterocycles. The van der Waals surface area contributed by atoms with Gasteiger partial charge in [0.1, 0.15) is 18.2 Å². The lowest BCUT2D eigenvalue weighted by Crippen LogP contribution is -2.42. The van der Waals surface area contributed by atoms with Crippen LogP contribution in [-0.2, 0) is 4.79 Å².